The molecule has 82 valence electrons. The molecule has 0 aliphatic rings. The van der Waals surface area contributed by atoms with E-state index in [2.05, 4.69) is 0 Å². The predicted octanol–water partition coefficient (Wildman–Crippen LogP) is -6.98. The Balaban J connectivity index is -0.0000000270. The Morgan fingerprint density at radius 3 is 0.500 bits per heavy atom. The molecule has 9 nitrogen and oxygen atoms in total. The van der Waals surface area contributed by atoms with Gasteiger partial charge in [-0.05, 0) is 0 Å². The normalized spacial score (nSPS) is 7.71. The van der Waals surface area contributed by atoms with E-state index in [-0.39, 0.29) is 48.9 Å². The van der Waals surface area contributed by atoms with E-state index in [0.29, 0.717) is 0 Å². The molecular weight excluding hydrogens is 480 g/mol. The topological polar surface area (TPSA) is 199 Å². The van der Waals surface area contributed by atoms with Gasteiger partial charge in [0.05, 0.1) is 0 Å². The maximum absolute atomic E-state index is 8.59. The van der Waals surface area contributed by atoms with Crippen LogP contribution in [0.5, 0.6) is 0 Å². The summed E-state index contributed by atoms with van der Waals surface area (Å²) in [4.78, 5) is 72.6. The van der Waals surface area contributed by atoms with Crippen LogP contribution in [0.25, 0.3) is 0 Å². The Kier molecular flexibility index (Phi) is 52.9. The Morgan fingerprint density at radius 2 is 0.500 bits per heavy atom. The van der Waals surface area contributed by atoms with Crippen LogP contribution in [-0.2, 0) is 0 Å². The second kappa shape index (κ2) is 24.7. The van der Waals surface area contributed by atoms with Crippen molar-refractivity contribution in [3.63, 3.8) is 0 Å². The molecule has 0 rings (SSSR count). The van der Waals surface area contributed by atoms with Gasteiger partial charge in [-0.15, -0.1) is 0 Å². The Hall–Kier alpha value is 2.57. The molecule has 0 aromatic rings. The third-order valence-electron chi connectivity index (χ3n) is 0. The van der Waals surface area contributed by atoms with Crippen molar-refractivity contribution in [2.24, 2.45) is 0 Å². The van der Waals surface area contributed by atoms with Gasteiger partial charge >= 0.3 is 48.9 Å². The van der Waals surface area contributed by atoms with Gasteiger partial charge in [-0.1, -0.05) is 0 Å². The van der Waals surface area contributed by atoms with Gasteiger partial charge in [0.25, 0.3) is 0 Å². The number of hydrogen-bond donors (Lipinski definition) is 3. The van der Waals surface area contributed by atoms with Gasteiger partial charge < -0.3 is 44.0 Å². The van der Waals surface area contributed by atoms with Crippen LogP contribution < -0.4 is 29.4 Å². The molecule has 0 saturated heterocycles. The van der Waals surface area contributed by atoms with Gasteiger partial charge in [-0.2, -0.15) is 25.8 Å². The Bertz CT molecular complexity index is 46.5. The molecule has 3 N–H and O–H groups in total. The minimum Gasteiger partial charge on any atom is -0.820 e. The smallest absolute Gasteiger partial charge is 0.820 e. The van der Waals surface area contributed by atoms with E-state index in [1.165, 1.54) is 0 Å². The summed E-state index contributed by atoms with van der Waals surface area (Å²) in [6, 6.07) is 0. The fourth-order valence-corrected chi connectivity index (χ4v) is 0. The van der Waals surface area contributed by atoms with Crippen LogP contribution in [0.15, 0.2) is 0 Å². The van der Waals surface area contributed by atoms with Gasteiger partial charge in [0, 0.05) is 0 Å². The molecule has 0 spiro atoms. The zero-order valence-electron chi connectivity index (χ0n) is 6.03. The molecule has 0 heterocycles. The first-order valence-electron chi connectivity index (χ1n) is 1.70. The summed E-state index contributed by atoms with van der Waals surface area (Å²) in [7, 11) is -9.36. The third kappa shape index (κ3) is 407. The van der Waals surface area contributed by atoms with Crippen molar-refractivity contribution in [3.05, 3.63) is 0 Å². The van der Waals surface area contributed by atoms with Gasteiger partial charge in [-0.3, -0.25) is 0 Å². The van der Waals surface area contributed by atoms with Crippen molar-refractivity contribution in [1.82, 2.24) is 0 Å². The van der Waals surface area contributed by atoms with E-state index in [4.69, 9.17) is 44.0 Å². The Morgan fingerprint density at radius 1 is 0.500 bits per heavy atom. The summed E-state index contributed by atoms with van der Waals surface area (Å²) in [6.07, 6.45) is 0. The van der Waals surface area contributed by atoms with Crippen molar-refractivity contribution in [2.75, 3.05) is 0 Å². The van der Waals surface area contributed by atoms with E-state index in [1.807, 2.05) is 0 Å². The molecule has 14 heavy (non-hydrogen) atoms. The molecule has 0 amide bonds. The van der Waals surface area contributed by atoms with E-state index in [0.717, 1.165) is 0 Å². The van der Waals surface area contributed by atoms with Gasteiger partial charge in [0.1, 0.15) is 0 Å². The molecule has 14 heteroatoms. The van der Waals surface area contributed by atoms with Crippen LogP contribution in [0.1, 0.15) is 0 Å². The first-order valence-corrected chi connectivity index (χ1v) is 5.09. The molecule has 4 radical (unpaired) electrons. The predicted molar refractivity (Wildman–Crippen MR) is 38.9 cm³/mol. The zero-order valence-corrected chi connectivity index (χ0v) is 13.8. The molecule has 0 fully saturated rings. The second-order valence-corrected chi connectivity index (χ2v) is 2.14. The molecule has 0 aromatic carbocycles. The molecule has 0 bridgehead atoms. The SMILES string of the molecule is [O-]P([O-])O.[O-]P([O-])O.[O-]P([O-])O.[Sb+3].[Sb+3]. The summed E-state index contributed by atoms with van der Waals surface area (Å²) < 4.78 is 0. The standard InChI is InChI=1S/3HO3P.2Sb/c3*1-4(2)3;;/h3*1H;;/q3*-2;2*+3. The van der Waals surface area contributed by atoms with E-state index >= 15 is 0 Å². The second-order valence-electron chi connectivity index (χ2n) is 0.714. The van der Waals surface area contributed by atoms with Crippen LogP contribution in [0.3, 0.4) is 0 Å². The molecule has 0 unspecified atom stereocenters. The first-order chi connectivity index (χ1) is 5.20. The molecule has 0 aliphatic carbocycles. The maximum atomic E-state index is 8.59. The van der Waals surface area contributed by atoms with Gasteiger partial charge in [0.2, 0.25) is 0 Å². The summed E-state index contributed by atoms with van der Waals surface area (Å²) in [6.45, 7) is 0. The van der Waals surface area contributed by atoms with Crippen LogP contribution in [0, 0.1) is 0 Å². The summed E-state index contributed by atoms with van der Waals surface area (Å²) >= 11 is 0. The molecule has 0 saturated carbocycles. The van der Waals surface area contributed by atoms with Gasteiger partial charge in [0.15, 0.2) is 0 Å². The average molecular weight is 483 g/mol. The van der Waals surface area contributed by atoms with Crippen molar-refractivity contribution in [1.29, 1.82) is 0 Å². The first kappa shape index (κ1) is 30.0. The number of rotatable bonds is 0. The summed E-state index contributed by atoms with van der Waals surface area (Å²) in [5, 5.41) is 0. The monoisotopic (exact) mass is 482 g/mol. The maximum Gasteiger partial charge on any atom is 3.00 e. The fraction of sp³-hybridized carbons (Fsp3) is 0. The average Bonchev–Trinajstić information content (AvgIpc) is 1.54. The Labute approximate surface area is 118 Å². The molecule has 0 atom stereocenters. The molecular formula is H3O9P3Sb2. The van der Waals surface area contributed by atoms with E-state index in [9.17, 15) is 0 Å². The van der Waals surface area contributed by atoms with Crippen molar-refractivity contribution >= 4 is 74.7 Å². The molecule has 0 aromatic heterocycles. The summed E-state index contributed by atoms with van der Waals surface area (Å²) in [5.41, 5.74) is 0. The van der Waals surface area contributed by atoms with Crippen LogP contribution >= 0.6 is 25.8 Å². The quantitative estimate of drug-likeness (QED) is 0.221. The van der Waals surface area contributed by atoms with Gasteiger partial charge in [-0.25, -0.2) is 0 Å². The van der Waals surface area contributed by atoms with Crippen molar-refractivity contribution < 1.29 is 44.0 Å². The molecule has 0 aliphatic heterocycles. The van der Waals surface area contributed by atoms with Crippen molar-refractivity contribution in [3.8, 4) is 0 Å². The zero-order chi connectivity index (χ0) is 10.7. The van der Waals surface area contributed by atoms with E-state index in [1.54, 1.807) is 0 Å². The fourth-order valence-electron chi connectivity index (χ4n) is 0. The third-order valence-corrected chi connectivity index (χ3v) is 0. The minimum absolute atomic E-state index is 0. The van der Waals surface area contributed by atoms with Crippen LogP contribution in [0.2, 0.25) is 0 Å². The van der Waals surface area contributed by atoms with Crippen LogP contribution in [0.4, 0.5) is 0 Å². The minimum atomic E-state index is -3.12. The van der Waals surface area contributed by atoms with Crippen molar-refractivity contribution in [2.45, 2.75) is 0 Å². The number of hydrogen-bond acceptors (Lipinski definition) is 9. The summed E-state index contributed by atoms with van der Waals surface area (Å²) in [5.74, 6) is 0. The van der Waals surface area contributed by atoms with E-state index < -0.39 is 25.8 Å². The largest absolute Gasteiger partial charge is 3.00 e. The van der Waals surface area contributed by atoms with Crippen LogP contribution in [-0.4, -0.2) is 63.5 Å².